The second-order valence-electron chi connectivity index (χ2n) is 5.36. The van der Waals surface area contributed by atoms with Gasteiger partial charge in [0.1, 0.15) is 0 Å². The number of halogens is 3. The Labute approximate surface area is 145 Å². The van der Waals surface area contributed by atoms with Gasteiger partial charge in [-0.15, -0.1) is 33.2 Å². The zero-order valence-electron chi connectivity index (χ0n) is 13.3. The van der Waals surface area contributed by atoms with Gasteiger partial charge in [0.15, 0.2) is 0 Å². The number of hydrogen-bond acceptors (Lipinski definition) is 2. The molecule has 0 atom stereocenters. The van der Waals surface area contributed by atoms with Crippen LogP contribution in [0, 0.1) is 0 Å². The van der Waals surface area contributed by atoms with Crippen molar-refractivity contribution in [2.24, 2.45) is 0 Å². The maximum atomic E-state index is 5.84. The largest absolute Gasteiger partial charge is 0.379 e. The predicted molar refractivity (Wildman–Crippen MR) is 97.0 cm³/mol. The van der Waals surface area contributed by atoms with Crippen molar-refractivity contribution in [1.82, 2.24) is 0 Å². The van der Waals surface area contributed by atoms with Gasteiger partial charge in [-0.1, -0.05) is 51.4 Å². The number of hydrogen-bond donors (Lipinski definition) is 0. The Balaban J connectivity index is 3.00. The Morgan fingerprint density at radius 3 is 1.62 bits per heavy atom. The second-order valence-corrected chi connectivity index (χ2v) is 14.6. The van der Waals surface area contributed by atoms with Crippen LogP contribution in [0.2, 0.25) is 6.04 Å². The molecule has 0 aliphatic heterocycles. The topological polar surface area (TPSA) is 18.5 Å². The van der Waals surface area contributed by atoms with E-state index in [9.17, 15) is 0 Å². The third kappa shape index (κ3) is 21.0. The molecule has 0 spiro atoms. The third-order valence-corrected chi connectivity index (χ3v) is 5.95. The molecule has 0 saturated carbocycles. The van der Waals surface area contributed by atoms with Gasteiger partial charge in [-0.25, -0.2) is 0 Å². The first-order valence-electron chi connectivity index (χ1n) is 8.28. The van der Waals surface area contributed by atoms with Crippen LogP contribution in [-0.4, -0.2) is 32.4 Å². The molecule has 2 nitrogen and oxygen atoms in total. The Hall–Kier alpha value is 1.01. The zero-order valence-corrected chi connectivity index (χ0v) is 16.6. The molecule has 0 unspecified atom stereocenters. The average molecular weight is 378 g/mol. The van der Waals surface area contributed by atoms with Gasteiger partial charge in [0.25, 0.3) is 0 Å². The van der Waals surface area contributed by atoms with E-state index in [0.717, 1.165) is 38.9 Å². The van der Waals surface area contributed by atoms with Crippen molar-refractivity contribution in [3.05, 3.63) is 0 Å². The van der Waals surface area contributed by atoms with Gasteiger partial charge in [0.05, 0.1) is 13.2 Å². The van der Waals surface area contributed by atoms with Gasteiger partial charge in [-0.3, -0.25) is 0 Å². The summed E-state index contributed by atoms with van der Waals surface area (Å²) in [6.07, 6.45) is 11.3. The van der Waals surface area contributed by atoms with Crippen molar-refractivity contribution < 1.29 is 9.47 Å². The lowest BCUT2D eigenvalue weighted by molar-refractivity contribution is 0.0512. The fraction of sp³-hybridized carbons (Fsp3) is 1.00. The van der Waals surface area contributed by atoms with Crippen molar-refractivity contribution >= 4 is 39.2 Å². The van der Waals surface area contributed by atoms with Crippen LogP contribution in [0.5, 0.6) is 0 Å². The average Bonchev–Trinajstić information content (AvgIpc) is 2.42. The summed E-state index contributed by atoms with van der Waals surface area (Å²) in [5.41, 5.74) is 0. The SMILES string of the molecule is CCOCCOCCCCCCCCCCC[Si](Cl)(Cl)Cl. The first kappa shape index (κ1) is 22.0. The molecule has 0 radical (unpaired) electrons. The smallest absolute Gasteiger partial charge is 0.341 e. The number of rotatable bonds is 16. The van der Waals surface area contributed by atoms with Gasteiger partial charge < -0.3 is 9.47 Å². The normalized spacial score (nSPS) is 12.0. The first-order valence-corrected chi connectivity index (χ1v) is 13.5. The van der Waals surface area contributed by atoms with Crippen LogP contribution in [0.25, 0.3) is 0 Å². The molecular formula is C15H31Cl3O2Si. The molecule has 6 heteroatoms. The minimum atomic E-state index is -2.37. The van der Waals surface area contributed by atoms with Gasteiger partial charge in [0.2, 0.25) is 0 Å². The molecule has 0 aromatic carbocycles. The highest BCUT2D eigenvalue weighted by Gasteiger charge is 2.23. The zero-order chi connectivity index (χ0) is 15.8. The minimum absolute atomic E-state index is 0.720. The van der Waals surface area contributed by atoms with E-state index in [2.05, 4.69) is 0 Å². The van der Waals surface area contributed by atoms with Crippen LogP contribution in [0.4, 0.5) is 0 Å². The van der Waals surface area contributed by atoms with E-state index < -0.39 is 6.00 Å². The van der Waals surface area contributed by atoms with Crippen LogP contribution < -0.4 is 0 Å². The van der Waals surface area contributed by atoms with Crippen molar-refractivity contribution in [3.8, 4) is 0 Å². The molecule has 0 aromatic heterocycles. The van der Waals surface area contributed by atoms with E-state index in [4.69, 9.17) is 42.7 Å². The Morgan fingerprint density at radius 1 is 0.619 bits per heavy atom. The monoisotopic (exact) mass is 376 g/mol. The lowest BCUT2D eigenvalue weighted by Crippen LogP contribution is -2.07. The maximum Gasteiger partial charge on any atom is 0.341 e. The van der Waals surface area contributed by atoms with Crippen LogP contribution in [0.3, 0.4) is 0 Å². The van der Waals surface area contributed by atoms with Gasteiger partial charge >= 0.3 is 6.00 Å². The molecule has 21 heavy (non-hydrogen) atoms. The second kappa shape index (κ2) is 15.9. The van der Waals surface area contributed by atoms with E-state index in [0.29, 0.717) is 0 Å². The molecule has 0 rings (SSSR count). The van der Waals surface area contributed by atoms with Crippen LogP contribution in [0.15, 0.2) is 0 Å². The summed E-state index contributed by atoms with van der Waals surface area (Å²) < 4.78 is 10.7. The Kier molecular flexibility index (Phi) is 16.6. The summed E-state index contributed by atoms with van der Waals surface area (Å²) in [5, 5.41) is 0. The Bertz CT molecular complexity index is 214. The van der Waals surface area contributed by atoms with Crippen LogP contribution in [0.1, 0.15) is 64.7 Å². The standard InChI is InChI=1S/C15H31Cl3O2Si/c1-2-19-13-14-20-12-10-8-6-4-3-5-7-9-11-15-21(16,17)18/h2-15H2,1H3. The van der Waals surface area contributed by atoms with Crippen molar-refractivity contribution in [2.75, 3.05) is 26.4 Å². The molecule has 0 amide bonds. The van der Waals surface area contributed by atoms with Crippen LogP contribution >= 0.6 is 33.2 Å². The van der Waals surface area contributed by atoms with E-state index >= 15 is 0 Å². The molecule has 0 bridgehead atoms. The lowest BCUT2D eigenvalue weighted by Gasteiger charge is -2.07. The highest BCUT2D eigenvalue weighted by molar-refractivity contribution is 7.64. The summed E-state index contributed by atoms with van der Waals surface area (Å²) in [6.45, 7) is 5.09. The molecule has 0 heterocycles. The van der Waals surface area contributed by atoms with Gasteiger partial charge in [-0.2, -0.15) is 0 Å². The van der Waals surface area contributed by atoms with E-state index in [-0.39, 0.29) is 0 Å². The molecule has 0 saturated heterocycles. The molecule has 0 aromatic rings. The number of unbranched alkanes of at least 4 members (excludes halogenated alkanes) is 8. The minimum Gasteiger partial charge on any atom is -0.379 e. The fourth-order valence-electron chi connectivity index (χ4n) is 2.13. The predicted octanol–water partition coefficient (Wildman–Crippen LogP) is 6.21. The summed E-state index contributed by atoms with van der Waals surface area (Å²) in [5.74, 6) is 0. The molecular weight excluding hydrogens is 347 g/mol. The van der Waals surface area contributed by atoms with Gasteiger partial charge in [0, 0.05) is 13.2 Å². The summed E-state index contributed by atoms with van der Waals surface area (Å²) >= 11 is 17.5. The van der Waals surface area contributed by atoms with Crippen LogP contribution in [-0.2, 0) is 9.47 Å². The van der Waals surface area contributed by atoms with Crippen molar-refractivity contribution in [3.63, 3.8) is 0 Å². The maximum absolute atomic E-state index is 5.84. The molecule has 0 aliphatic rings. The highest BCUT2D eigenvalue weighted by atomic mass is 35.8. The fourth-order valence-corrected chi connectivity index (χ4v) is 3.98. The lowest BCUT2D eigenvalue weighted by atomic mass is 10.1. The highest BCUT2D eigenvalue weighted by Crippen LogP contribution is 2.27. The van der Waals surface area contributed by atoms with Crippen molar-refractivity contribution in [1.29, 1.82) is 0 Å². The van der Waals surface area contributed by atoms with E-state index in [1.54, 1.807) is 0 Å². The number of ether oxygens (including phenoxy) is 2. The summed E-state index contributed by atoms with van der Waals surface area (Å²) in [7, 11) is 0. The quantitative estimate of drug-likeness (QED) is 0.181. The molecule has 128 valence electrons. The van der Waals surface area contributed by atoms with E-state index in [1.165, 1.54) is 51.4 Å². The molecule has 0 fully saturated rings. The van der Waals surface area contributed by atoms with E-state index in [1.807, 2.05) is 6.92 Å². The van der Waals surface area contributed by atoms with Crippen molar-refractivity contribution in [2.45, 2.75) is 70.8 Å². The molecule has 0 N–H and O–H groups in total. The Morgan fingerprint density at radius 2 is 1.10 bits per heavy atom. The summed E-state index contributed by atoms with van der Waals surface area (Å²) in [6, 6.07) is -1.56. The third-order valence-electron chi connectivity index (χ3n) is 3.33. The first-order chi connectivity index (χ1) is 10.1. The summed E-state index contributed by atoms with van der Waals surface area (Å²) in [4.78, 5) is 0. The molecule has 0 aliphatic carbocycles. The van der Waals surface area contributed by atoms with Gasteiger partial charge in [-0.05, 0) is 19.4 Å².